The zero-order chi connectivity index (χ0) is 15.2. The molecule has 21 heavy (non-hydrogen) atoms. The molecular weight excluding hydrogens is 270 g/mol. The van der Waals surface area contributed by atoms with Gasteiger partial charge in [0.15, 0.2) is 5.84 Å². The molecule has 7 nitrogen and oxygen atoms in total. The lowest BCUT2D eigenvalue weighted by atomic mass is 10.2. The molecule has 0 unspecified atom stereocenters. The van der Waals surface area contributed by atoms with Gasteiger partial charge >= 0.3 is 0 Å². The minimum absolute atomic E-state index is 0.0188. The van der Waals surface area contributed by atoms with Crippen molar-refractivity contribution in [3.05, 3.63) is 29.6 Å². The maximum atomic E-state index is 12.3. The first-order valence-electron chi connectivity index (χ1n) is 7.11. The van der Waals surface area contributed by atoms with Crippen LogP contribution in [0, 0.1) is 0 Å². The Bertz CT molecular complexity index is 507. The Morgan fingerprint density at radius 3 is 2.62 bits per heavy atom. The Labute approximate surface area is 124 Å². The molecule has 1 aliphatic heterocycles. The molecule has 0 spiro atoms. The number of carbonyl (C=O) groups excluding carboxylic acids is 1. The number of amides is 1. The maximum absolute atomic E-state index is 12.3. The summed E-state index contributed by atoms with van der Waals surface area (Å²) in [5.41, 5.74) is 6.34. The van der Waals surface area contributed by atoms with Gasteiger partial charge in [-0.3, -0.25) is 14.7 Å². The van der Waals surface area contributed by atoms with E-state index in [0.29, 0.717) is 11.3 Å². The van der Waals surface area contributed by atoms with Crippen molar-refractivity contribution in [1.82, 2.24) is 14.8 Å². The lowest BCUT2D eigenvalue weighted by molar-refractivity contribution is 0.0632. The van der Waals surface area contributed by atoms with Crippen LogP contribution in [0.25, 0.3) is 0 Å². The normalized spacial score (nSPS) is 17.0. The molecule has 2 heterocycles. The standard InChI is InChI=1S/C14H21N5O2/c1-2-5-18-6-8-19(9-7-18)14(20)12-4-3-11(10-16-12)13(15)17-21/h3-4,10,21H,2,5-9H2,1H3,(H2,15,17). The molecule has 1 amide bonds. The first-order chi connectivity index (χ1) is 10.2. The third kappa shape index (κ3) is 3.69. The lowest BCUT2D eigenvalue weighted by Gasteiger charge is -2.34. The average Bonchev–Trinajstić information content (AvgIpc) is 2.54. The molecule has 114 valence electrons. The fourth-order valence-electron chi connectivity index (χ4n) is 2.38. The lowest BCUT2D eigenvalue weighted by Crippen LogP contribution is -2.48. The van der Waals surface area contributed by atoms with Gasteiger partial charge in [-0.2, -0.15) is 0 Å². The van der Waals surface area contributed by atoms with Gasteiger partial charge in [-0.1, -0.05) is 12.1 Å². The van der Waals surface area contributed by atoms with Crippen LogP contribution in [0.4, 0.5) is 0 Å². The highest BCUT2D eigenvalue weighted by molar-refractivity contribution is 5.98. The van der Waals surface area contributed by atoms with E-state index in [9.17, 15) is 4.79 Å². The predicted molar refractivity (Wildman–Crippen MR) is 79.4 cm³/mol. The van der Waals surface area contributed by atoms with Crippen molar-refractivity contribution in [1.29, 1.82) is 0 Å². The van der Waals surface area contributed by atoms with Crippen LogP contribution in [-0.4, -0.2) is 64.5 Å². The number of aromatic nitrogens is 1. The second kappa shape index (κ2) is 7.03. The SMILES string of the molecule is CCCN1CCN(C(=O)c2ccc(C(N)=NO)cn2)CC1. The van der Waals surface area contributed by atoms with Gasteiger partial charge < -0.3 is 15.8 Å². The second-order valence-electron chi connectivity index (χ2n) is 5.05. The van der Waals surface area contributed by atoms with Gasteiger partial charge in [0.2, 0.25) is 0 Å². The van der Waals surface area contributed by atoms with E-state index >= 15 is 0 Å². The molecule has 1 aliphatic rings. The Morgan fingerprint density at radius 2 is 2.10 bits per heavy atom. The van der Waals surface area contributed by atoms with Crippen molar-refractivity contribution < 1.29 is 10.0 Å². The molecule has 0 radical (unpaired) electrons. The monoisotopic (exact) mass is 291 g/mol. The molecular formula is C14H21N5O2. The number of amidine groups is 1. The third-order valence-corrected chi connectivity index (χ3v) is 3.59. The van der Waals surface area contributed by atoms with Crippen LogP contribution in [0.2, 0.25) is 0 Å². The van der Waals surface area contributed by atoms with Crippen LogP contribution in [0.3, 0.4) is 0 Å². The first-order valence-corrected chi connectivity index (χ1v) is 7.11. The van der Waals surface area contributed by atoms with Crippen LogP contribution in [0.5, 0.6) is 0 Å². The summed E-state index contributed by atoms with van der Waals surface area (Å²) in [5, 5.41) is 11.5. The Kier molecular flexibility index (Phi) is 5.10. The second-order valence-corrected chi connectivity index (χ2v) is 5.05. The molecule has 1 fully saturated rings. The van der Waals surface area contributed by atoms with Crippen molar-refractivity contribution in [2.75, 3.05) is 32.7 Å². The van der Waals surface area contributed by atoms with Gasteiger partial charge in [0.25, 0.3) is 5.91 Å². The van der Waals surface area contributed by atoms with Crippen molar-refractivity contribution in [3.8, 4) is 0 Å². The van der Waals surface area contributed by atoms with Crippen molar-refractivity contribution in [2.24, 2.45) is 10.9 Å². The first kappa shape index (κ1) is 15.2. The zero-order valence-electron chi connectivity index (χ0n) is 12.2. The Morgan fingerprint density at radius 1 is 1.38 bits per heavy atom. The number of nitrogens with two attached hydrogens (primary N) is 1. The van der Waals surface area contributed by atoms with Gasteiger partial charge in [0.05, 0.1) is 0 Å². The van der Waals surface area contributed by atoms with E-state index in [4.69, 9.17) is 10.9 Å². The summed E-state index contributed by atoms with van der Waals surface area (Å²) in [5.74, 6) is -0.0908. The summed E-state index contributed by atoms with van der Waals surface area (Å²) in [6.07, 6.45) is 2.57. The Hall–Kier alpha value is -2.15. The summed E-state index contributed by atoms with van der Waals surface area (Å²) in [6, 6.07) is 3.23. The molecule has 7 heteroatoms. The van der Waals surface area contributed by atoms with Gasteiger partial charge in [-0.15, -0.1) is 0 Å². The number of piperazine rings is 1. The molecule has 3 N–H and O–H groups in total. The number of oxime groups is 1. The van der Waals surface area contributed by atoms with Gasteiger partial charge in [-0.05, 0) is 25.1 Å². The number of carbonyl (C=O) groups is 1. The number of rotatable bonds is 4. The van der Waals surface area contributed by atoms with Crippen molar-refractivity contribution >= 4 is 11.7 Å². The molecule has 2 rings (SSSR count). The molecule has 1 aromatic heterocycles. The highest BCUT2D eigenvalue weighted by Gasteiger charge is 2.22. The fourth-order valence-corrected chi connectivity index (χ4v) is 2.38. The number of nitrogens with zero attached hydrogens (tertiary/aromatic N) is 4. The van der Waals surface area contributed by atoms with Crippen LogP contribution >= 0.6 is 0 Å². The van der Waals surface area contributed by atoms with Crippen LogP contribution < -0.4 is 5.73 Å². The van der Waals surface area contributed by atoms with E-state index in [1.54, 1.807) is 12.1 Å². The van der Waals surface area contributed by atoms with Crippen LogP contribution in [-0.2, 0) is 0 Å². The van der Waals surface area contributed by atoms with Gasteiger partial charge in [0.1, 0.15) is 5.69 Å². The van der Waals surface area contributed by atoms with E-state index in [2.05, 4.69) is 22.0 Å². The molecule has 0 saturated carbocycles. The van der Waals surface area contributed by atoms with Gasteiger partial charge in [-0.25, -0.2) is 0 Å². The molecule has 1 saturated heterocycles. The largest absolute Gasteiger partial charge is 0.409 e. The van der Waals surface area contributed by atoms with Gasteiger partial charge in [0, 0.05) is 37.9 Å². The van der Waals surface area contributed by atoms with E-state index in [-0.39, 0.29) is 11.7 Å². The average molecular weight is 291 g/mol. The topological polar surface area (TPSA) is 95.0 Å². The zero-order valence-corrected chi connectivity index (χ0v) is 12.2. The third-order valence-electron chi connectivity index (χ3n) is 3.59. The van der Waals surface area contributed by atoms with E-state index in [0.717, 1.165) is 39.1 Å². The number of pyridine rings is 1. The van der Waals surface area contributed by atoms with Crippen molar-refractivity contribution in [3.63, 3.8) is 0 Å². The van der Waals surface area contributed by atoms with E-state index in [1.165, 1.54) is 6.20 Å². The predicted octanol–water partition coefficient (Wildman–Crippen LogP) is 0.344. The quantitative estimate of drug-likeness (QED) is 0.361. The Balaban J connectivity index is 1.98. The summed E-state index contributed by atoms with van der Waals surface area (Å²) >= 11 is 0. The smallest absolute Gasteiger partial charge is 0.272 e. The molecule has 0 bridgehead atoms. The highest BCUT2D eigenvalue weighted by Crippen LogP contribution is 2.08. The van der Waals surface area contributed by atoms with E-state index < -0.39 is 0 Å². The maximum Gasteiger partial charge on any atom is 0.272 e. The van der Waals surface area contributed by atoms with E-state index in [1.807, 2.05) is 4.90 Å². The summed E-state index contributed by atoms with van der Waals surface area (Å²) in [7, 11) is 0. The molecule has 1 aromatic rings. The number of hydrogen-bond donors (Lipinski definition) is 2. The highest BCUT2D eigenvalue weighted by atomic mass is 16.4. The minimum Gasteiger partial charge on any atom is -0.409 e. The van der Waals surface area contributed by atoms with Crippen LogP contribution in [0.1, 0.15) is 29.4 Å². The summed E-state index contributed by atoms with van der Waals surface area (Å²) in [4.78, 5) is 20.6. The number of hydrogen-bond acceptors (Lipinski definition) is 5. The molecule has 0 aliphatic carbocycles. The summed E-state index contributed by atoms with van der Waals surface area (Å²) in [6.45, 7) is 6.49. The fraction of sp³-hybridized carbons (Fsp3) is 0.500. The minimum atomic E-state index is -0.0720. The molecule has 0 aromatic carbocycles. The van der Waals surface area contributed by atoms with Crippen molar-refractivity contribution in [2.45, 2.75) is 13.3 Å². The van der Waals surface area contributed by atoms with Crippen LogP contribution in [0.15, 0.2) is 23.5 Å². The molecule has 0 atom stereocenters. The summed E-state index contributed by atoms with van der Waals surface area (Å²) < 4.78 is 0.